The molecule has 0 aromatic carbocycles. The van der Waals surface area contributed by atoms with Gasteiger partial charge in [0.15, 0.2) is 0 Å². The van der Waals surface area contributed by atoms with E-state index in [1.807, 2.05) is 0 Å². The molecule has 16 heavy (non-hydrogen) atoms. The molecule has 0 unspecified atom stereocenters. The summed E-state index contributed by atoms with van der Waals surface area (Å²) in [5.41, 5.74) is 4.98. The van der Waals surface area contributed by atoms with Crippen LogP contribution in [0.5, 0.6) is 0 Å². The Labute approximate surface area is 95.8 Å². The lowest BCUT2D eigenvalue weighted by molar-refractivity contribution is -0.125. The van der Waals surface area contributed by atoms with Gasteiger partial charge in [-0.1, -0.05) is 19.3 Å². The molecule has 1 amide bonds. The molecule has 6 heteroatoms. The van der Waals surface area contributed by atoms with Gasteiger partial charge in [0.25, 0.3) is 5.91 Å². The zero-order chi connectivity index (χ0) is 11.8. The van der Waals surface area contributed by atoms with Gasteiger partial charge in [0.05, 0.1) is 10.8 Å². The first-order chi connectivity index (χ1) is 7.44. The molecule has 2 aliphatic rings. The SMILES string of the molecule is NC1(C(=O)NS(=O)(=O)C2CC2)CCCCC1. The summed E-state index contributed by atoms with van der Waals surface area (Å²) in [7, 11) is -3.45. The Balaban J connectivity index is 2.01. The van der Waals surface area contributed by atoms with Gasteiger partial charge in [-0.15, -0.1) is 0 Å². The summed E-state index contributed by atoms with van der Waals surface area (Å²) >= 11 is 0. The number of hydrogen-bond acceptors (Lipinski definition) is 4. The van der Waals surface area contributed by atoms with Crippen LogP contribution in [-0.4, -0.2) is 25.1 Å². The highest BCUT2D eigenvalue weighted by molar-refractivity contribution is 7.90. The molecule has 0 aromatic heterocycles. The molecule has 0 aliphatic heterocycles. The smallest absolute Gasteiger partial charge is 0.253 e. The summed E-state index contributed by atoms with van der Waals surface area (Å²) in [4.78, 5) is 11.9. The molecular weight excluding hydrogens is 228 g/mol. The van der Waals surface area contributed by atoms with Crippen LogP contribution in [0, 0.1) is 0 Å². The Morgan fingerprint density at radius 2 is 1.75 bits per heavy atom. The van der Waals surface area contributed by atoms with Crippen LogP contribution in [-0.2, 0) is 14.8 Å². The van der Waals surface area contributed by atoms with E-state index in [1.54, 1.807) is 0 Å². The first-order valence-electron chi connectivity index (χ1n) is 5.79. The monoisotopic (exact) mass is 246 g/mol. The second-order valence-corrected chi connectivity index (χ2v) is 6.85. The average Bonchev–Trinajstić information content (AvgIpc) is 3.01. The minimum Gasteiger partial charge on any atom is -0.317 e. The maximum absolute atomic E-state index is 11.9. The summed E-state index contributed by atoms with van der Waals surface area (Å²) in [5, 5.41) is -0.372. The summed E-state index contributed by atoms with van der Waals surface area (Å²) in [6.07, 6.45) is 5.33. The van der Waals surface area contributed by atoms with Gasteiger partial charge in [0.2, 0.25) is 10.0 Å². The van der Waals surface area contributed by atoms with E-state index in [2.05, 4.69) is 4.72 Å². The van der Waals surface area contributed by atoms with Crippen LogP contribution in [0.1, 0.15) is 44.9 Å². The fourth-order valence-corrected chi connectivity index (χ4v) is 3.49. The molecule has 0 aromatic rings. The van der Waals surface area contributed by atoms with Crippen molar-refractivity contribution in [2.75, 3.05) is 0 Å². The van der Waals surface area contributed by atoms with Crippen molar-refractivity contribution >= 4 is 15.9 Å². The van der Waals surface area contributed by atoms with Crippen LogP contribution >= 0.6 is 0 Å². The van der Waals surface area contributed by atoms with E-state index in [0.29, 0.717) is 25.7 Å². The van der Waals surface area contributed by atoms with Gasteiger partial charge in [-0.25, -0.2) is 8.42 Å². The third-order valence-corrected chi connectivity index (χ3v) is 5.22. The molecule has 0 bridgehead atoms. The zero-order valence-corrected chi connectivity index (χ0v) is 10.1. The van der Waals surface area contributed by atoms with E-state index in [0.717, 1.165) is 19.3 Å². The molecule has 0 atom stereocenters. The number of nitrogens with two attached hydrogens (primary N) is 1. The van der Waals surface area contributed by atoms with Crippen LogP contribution in [0.25, 0.3) is 0 Å². The van der Waals surface area contributed by atoms with Gasteiger partial charge in [-0.05, 0) is 25.7 Å². The molecule has 0 spiro atoms. The molecule has 2 aliphatic carbocycles. The quantitative estimate of drug-likeness (QED) is 0.747. The van der Waals surface area contributed by atoms with E-state index in [4.69, 9.17) is 5.73 Å². The summed E-state index contributed by atoms with van der Waals surface area (Å²) < 4.78 is 25.3. The standard InChI is InChI=1S/C10H18N2O3S/c11-10(6-2-1-3-7-10)9(13)12-16(14,15)8-4-5-8/h8H,1-7,11H2,(H,12,13). The molecule has 3 N–H and O–H groups in total. The molecule has 92 valence electrons. The van der Waals surface area contributed by atoms with Crippen molar-refractivity contribution in [2.45, 2.75) is 55.7 Å². The maximum atomic E-state index is 11.9. The molecule has 2 saturated carbocycles. The highest BCUT2D eigenvalue weighted by Gasteiger charge is 2.42. The Bertz CT molecular complexity index is 381. The first kappa shape index (κ1) is 11.9. The van der Waals surface area contributed by atoms with E-state index in [1.165, 1.54) is 0 Å². The Hall–Kier alpha value is -0.620. The van der Waals surface area contributed by atoms with Gasteiger partial charge < -0.3 is 5.73 Å². The normalized spacial score (nSPS) is 25.1. The third-order valence-electron chi connectivity index (χ3n) is 3.40. The van der Waals surface area contributed by atoms with Crippen molar-refractivity contribution < 1.29 is 13.2 Å². The average molecular weight is 246 g/mol. The number of amides is 1. The molecule has 0 radical (unpaired) electrons. The largest absolute Gasteiger partial charge is 0.317 e. The minimum absolute atomic E-state index is 0.372. The van der Waals surface area contributed by atoms with Crippen molar-refractivity contribution in [1.82, 2.24) is 4.72 Å². The molecule has 2 fully saturated rings. The minimum atomic E-state index is -3.45. The number of hydrogen-bond donors (Lipinski definition) is 2. The number of rotatable bonds is 3. The van der Waals surface area contributed by atoms with Crippen LogP contribution in [0.3, 0.4) is 0 Å². The highest BCUT2D eigenvalue weighted by Crippen LogP contribution is 2.29. The lowest BCUT2D eigenvalue weighted by Gasteiger charge is -2.31. The maximum Gasteiger partial charge on any atom is 0.253 e. The van der Waals surface area contributed by atoms with Gasteiger partial charge in [-0.3, -0.25) is 9.52 Å². The first-order valence-corrected chi connectivity index (χ1v) is 7.34. The van der Waals surface area contributed by atoms with E-state index in [9.17, 15) is 13.2 Å². The topological polar surface area (TPSA) is 89.3 Å². The molecule has 0 saturated heterocycles. The van der Waals surface area contributed by atoms with Gasteiger partial charge >= 0.3 is 0 Å². The second kappa shape index (κ2) is 4.00. The van der Waals surface area contributed by atoms with Crippen LogP contribution in [0.2, 0.25) is 0 Å². The fourth-order valence-electron chi connectivity index (χ4n) is 2.10. The Morgan fingerprint density at radius 3 is 2.25 bits per heavy atom. The second-order valence-electron chi connectivity index (χ2n) is 4.89. The Kier molecular flexibility index (Phi) is 2.96. The predicted molar refractivity (Wildman–Crippen MR) is 60.1 cm³/mol. The van der Waals surface area contributed by atoms with Crippen molar-refractivity contribution in [3.63, 3.8) is 0 Å². The van der Waals surface area contributed by atoms with Crippen LogP contribution in [0.15, 0.2) is 0 Å². The number of sulfonamides is 1. The van der Waals surface area contributed by atoms with Crippen molar-refractivity contribution in [2.24, 2.45) is 5.73 Å². The number of carbonyl (C=O) groups is 1. The summed E-state index contributed by atoms with van der Waals surface area (Å²) in [6.45, 7) is 0. The molecular formula is C10H18N2O3S. The van der Waals surface area contributed by atoms with Gasteiger partial charge in [0, 0.05) is 0 Å². The Morgan fingerprint density at radius 1 is 1.19 bits per heavy atom. The van der Waals surface area contributed by atoms with Crippen molar-refractivity contribution in [3.8, 4) is 0 Å². The molecule has 2 rings (SSSR count). The molecule has 0 heterocycles. The van der Waals surface area contributed by atoms with E-state index >= 15 is 0 Å². The summed E-state index contributed by atoms with van der Waals surface area (Å²) in [5.74, 6) is -0.515. The van der Waals surface area contributed by atoms with E-state index in [-0.39, 0.29) is 5.25 Å². The summed E-state index contributed by atoms with van der Waals surface area (Å²) in [6, 6.07) is 0. The lowest BCUT2D eigenvalue weighted by Crippen LogP contribution is -2.56. The third kappa shape index (κ3) is 2.38. The predicted octanol–water partition coefficient (Wildman–Crippen LogP) is 0.256. The number of carbonyl (C=O) groups excluding carboxylic acids is 1. The van der Waals surface area contributed by atoms with Crippen molar-refractivity contribution in [3.05, 3.63) is 0 Å². The highest BCUT2D eigenvalue weighted by atomic mass is 32.2. The molecule has 5 nitrogen and oxygen atoms in total. The van der Waals surface area contributed by atoms with Gasteiger partial charge in [0.1, 0.15) is 0 Å². The van der Waals surface area contributed by atoms with Crippen LogP contribution in [0.4, 0.5) is 0 Å². The van der Waals surface area contributed by atoms with E-state index < -0.39 is 21.5 Å². The van der Waals surface area contributed by atoms with Crippen molar-refractivity contribution in [1.29, 1.82) is 0 Å². The fraction of sp³-hybridized carbons (Fsp3) is 0.900. The zero-order valence-electron chi connectivity index (χ0n) is 9.24. The number of nitrogens with one attached hydrogen (secondary N) is 1. The van der Waals surface area contributed by atoms with Crippen LogP contribution < -0.4 is 10.5 Å². The lowest BCUT2D eigenvalue weighted by atomic mass is 9.82. The van der Waals surface area contributed by atoms with Gasteiger partial charge in [-0.2, -0.15) is 0 Å².